The number of nitrogen functional groups attached to an aromatic ring is 1. The Morgan fingerprint density at radius 3 is 1.97 bits per heavy atom. The van der Waals surface area contributed by atoms with Crippen LogP contribution in [0.2, 0.25) is 5.02 Å². The van der Waals surface area contributed by atoms with Gasteiger partial charge in [-0.2, -0.15) is 4.98 Å². The average Bonchev–Trinajstić information content (AvgIpc) is 3.92. The van der Waals surface area contributed by atoms with Gasteiger partial charge < -0.3 is 43.6 Å². The van der Waals surface area contributed by atoms with Crippen LogP contribution >= 0.6 is 11.6 Å². The van der Waals surface area contributed by atoms with Crippen molar-refractivity contribution >= 4 is 57.2 Å². The van der Waals surface area contributed by atoms with E-state index < -0.39 is 47.0 Å². The number of esters is 2. The smallest absolute Gasteiger partial charge is 0.341 e. The van der Waals surface area contributed by atoms with E-state index in [0.29, 0.717) is 29.1 Å². The number of carbonyl (C=O) groups excluding carboxylic acids is 2. The van der Waals surface area contributed by atoms with E-state index >= 15 is 4.39 Å². The second-order valence-electron chi connectivity index (χ2n) is 19.7. The number of hydrogen-bond donors (Lipinski definition) is 1. The second-order valence-corrected chi connectivity index (χ2v) is 20.1. The summed E-state index contributed by atoms with van der Waals surface area (Å²) in [5.74, 6) is -2.01. The summed E-state index contributed by atoms with van der Waals surface area (Å²) in [5.41, 5.74) is 7.95. The van der Waals surface area contributed by atoms with Gasteiger partial charge in [0.2, 0.25) is 5.95 Å². The highest BCUT2D eigenvalue weighted by Crippen LogP contribution is 2.46. The van der Waals surface area contributed by atoms with Crippen LogP contribution in [0.5, 0.6) is 11.5 Å². The van der Waals surface area contributed by atoms with Crippen LogP contribution in [-0.4, -0.2) is 74.9 Å². The summed E-state index contributed by atoms with van der Waals surface area (Å²) in [7, 11) is 3.19. The molecule has 1 aliphatic carbocycles. The highest BCUT2D eigenvalue weighted by molar-refractivity contribution is 6.37. The molecule has 4 heterocycles. The lowest BCUT2D eigenvalue weighted by molar-refractivity contribution is -0.147. The van der Waals surface area contributed by atoms with Crippen LogP contribution < -0.4 is 20.1 Å². The van der Waals surface area contributed by atoms with Crippen molar-refractivity contribution in [3.63, 3.8) is 0 Å². The van der Waals surface area contributed by atoms with Gasteiger partial charge in [-0.15, -0.1) is 0 Å². The molecular weight excluding hydrogens is 891 g/mol. The number of aryl methyl sites for hydroxylation is 2. The number of rotatable bonds is 13. The Kier molecular flexibility index (Phi) is 13.0. The molecule has 3 atom stereocenters. The third kappa shape index (κ3) is 9.97. The van der Waals surface area contributed by atoms with Crippen LogP contribution in [0.25, 0.3) is 21.9 Å². The minimum atomic E-state index is -1.00. The molecule has 16 heteroatoms. The van der Waals surface area contributed by atoms with E-state index in [1.54, 1.807) is 61.8 Å². The molecule has 14 nitrogen and oxygen atoms in total. The zero-order valence-corrected chi connectivity index (χ0v) is 41.1. The van der Waals surface area contributed by atoms with Crippen molar-refractivity contribution in [2.75, 3.05) is 24.9 Å². The van der Waals surface area contributed by atoms with Crippen molar-refractivity contribution in [1.29, 1.82) is 0 Å². The molecule has 1 fully saturated rings. The molecule has 3 aromatic heterocycles. The summed E-state index contributed by atoms with van der Waals surface area (Å²) in [4.78, 5) is 44.7. The topological polar surface area (TPSA) is 162 Å². The SMILES string of the molecule is COc1ccc(CN(Cc2ccc(OC)cc2)c2nc3cc(CCC4=C[C@@H](n5ccc6c(C)nc(N)nc65)[C@@H]5OC(C)(C)O[C@H]45)c(C(=O)OC(C)(C)C)c(F)c3c(C(=O)OC(C)(C)C)c2Cl)cc1. The number of ether oxygens (including phenoxy) is 6. The van der Waals surface area contributed by atoms with Crippen LogP contribution in [0.3, 0.4) is 0 Å². The monoisotopic (exact) mass is 948 g/mol. The predicted molar refractivity (Wildman–Crippen MR) is 259 cm³/mol. The Morgan fingerprint density at radius 2 is 1.41 bits per heavy atom. The van der Waals surface area contributed by atoms with Gasteiger partial charge in [-0.05, 0) is 134 Å². The predicted octanol–water partition coefficient (Wildman–Crippen LogP) is 10.4. The lowest BCUT2D eigenvalue weighted by Crippen LogP contribution is -2.28. The van der Waals surface area contributed by atoms with Crippen LogP contribution in [0.4, 0.5) is 16.2 Å². The van der Waals surface area contributed by atoms with Gasteiger partial charge in [0.05, 0.1) is 53.0 Å². The van der Waals surface area contributed by atoms with Crippen molar-refractivity contribution in [2.45, 2.75) is 123 Å². The van der Waals surface area contributed by atoms with Crippen molar-refractivity contribution in [2.24, 2.45) is 0 Å². The molecule has 0 bridgehead atoms. The number of benzene rings is 3. The van der Waals surface area contributed by atoms with Gasteiger partial charge in [-0.25, -0.2) is 23.9 Å². The number of methoxy groups -OCH3 is 2. The fraction of sp³-hybridized carbons (Fsp3) is 0.404. The van der Waals surface area contributed by atoms with Crippen LogP contribution in [-0.2, 0) is 38.5 Å². The normalized spacial score (nSPS) is 17.8. The number of halogens is 2. The van der Waals surface area contributed by atoms with Gasteiger partial charge in [-0.3, -0.25) is 0 Å². The van der Waals surface area contributed by atoms with Gasteiger partial charge in [0.25, 0.3) is 0 Å². The number of fused-ring (bicyclic) bond motifs is 3. The zero-order valence-electron chi connectivity index (χ0n) is 40.3. The molecule has 0 amide bonds. The standard InChI is InChI=1S/C52H58ClFN6O8/c1-28-35-22-23-60(45(35)58-49(55)56-28)37-25-32(43-44(37)66-52(8,9)65-43)17-16-31-24-36-39(42(54)38(31)47(61)67-50(2,3)4)40(48(62)68-51(5,6)7)41(53)46(57-36)59(26-29-12-18-33(63-10)19-13-29)27-30-14-20-34(64-11)21-15-30/h12-15,18-25,37,43-44H,16-17,26-27H2,1-11H3,(H2,55,56,58)/t37-,43-,44+/m1/s1. The second kappa shape index (κ2) is 18.3. The molecule has 1 aliphatic heterocycles. The third-order valence-electron chi connectivity index (χ3n) is 11.8. The molecule has 0 unspecified atom stereocenters. The minimum Gasteiger partial charge on any atom is -0.497 e. The fourth-order valence-electron chi connectivity index (χ4n) is 8.91. The Balaban J connectivity index is 1.29. The first-order valence-corrected chi connectivity index (χ1v) is 22.9. The maximum absolute atomic E-state index is 17.9. The Hall–Kier alpha value is -6.29. The van der Waals surface area contributed by atoms with Crippen LogP contribution in [0.15, 0.2) is 78.5 Å². The van der Waals surface area contributed by atoms with E-state index in [2.05, 4.69) is 16.0 Å². The molecular formula is C52H58ClFN6O8. The molecule has 3 aromatic carbocycles. The molecule has 6 aromatic rings. The van der Waals surface area contributed by atoms with Gasteiger partial charge in [0, 0.05) is 24.7 Å². The van der Waals surface area contributed by atoms with E-state index in [0.717, 1.165) is 27.8 Å². The van der Waals surface area contributed by atoms with Crippen molar-refractivity contribution in [3.05, 3.63) is 123 Å². The van der Waals surface area contributed by atoms with Gasteiger partial charge in [0.15, 0.2) is 5.79 Å². The van der Waals surface area contributed by atoms with Gasteiger partial charge >= 0.3 is 11.9 Å². The summed E-state index contributed by atoms with van der Waals surface area (Å²) in [6.45, 7) is 16.4. The maximum Gasteiger partial charge on any atom is 0.341 e. The Labute approximate surface area is 400 Å². The molecule has 0 radical (unpaired) electrons. The molecule has 0 spiro atoms. The quantitative estimate of drug-likeness (QED) is 0.0861. The van der Waals surface area contributed by atoms with Crippen LogP contribution in [0, 0.1) is 12.7 Å². The molecule has 2 N–H and O–H groups in total. The van der Waals surface area contributed by atoms with Crippen molar-refractivity contribution in [1.82, 2.24) is 19.5 Å². The lowest BCUT2D eigenvalue weighted by Gasteiger charge is -2.28. The number of hydrogen-bond acceptors (Lipinski definition) is 13. The summed E-state index contributed by atoms with van der Waals surface area (Å²) in [6, 6.07) is 18.3. The van der Waals surface area contributed by atoms with E-state index in [4.69, 9.17) is 50.7 Å². The first-order chi connectivity index (χ1) is 32.0. The fourth-order valence-corrected chi connectivity index (χ4v) is 9.24. The highest BCUT2D eigenvalue weighted by atomic mass is 35.5. The maximum atomic E-state index is 17.9. The summed E-state index contributed by atoms with van der Waals surface area (Å²) in [5, 5.41) is 0.440. The van der Waals surface area contributed by atoms with E-state index in [1.165, 1.54) is 0 Å². The van der Waals surface area contributed by atoms with E-state index in [1.807, 2.05) is 91.0 Å². The number of aromatic nitrogens is 4. The summed E-state index contributed by atoms with van der Waals surface area (Å²) >= 11 is 7.34. The summed E-state index contributed by atoms with van der Waals surface area (Å²) in [6.07, 6.45) is 3.58. The van der Waals surface area contributed by atoms with E-state index in [9.17, 15) is 9.59 Å². The molecule has 2 aliphatic rings. The number of nitrogens with zero attached hydrogens (tertiary/aromatic N) is 5. The first-order valence-electron chi connectivity index (χ1n) is 22.5. The minimum absolute atomic E-state index is 0.0868. The molecule has 8 rings (SSSR count). The lowest BCUT2D eigenvalue weighted by atomic mass is 9.94. The highest BCUT2D eigenvalue weighted by Gasteiger charge is 2.50. The molecule has 0 saturated carbocycles. The Morgan fingerprint density at radius 1 is 0.838 bits per heavy atom. The van der Waals surface area contributed by atoms with Crippen molar-refractivity contribution < 1.29 is 42.4 Å². The number of pyridine rings is 1. The third-order valence-corrected chi connectivity index (χ3v) is 12.1. The van der Waals surface area contributed by atoms with Crippen LogP contribution in [0.1, 0.15) is 111 Å². The Bertz CT molecular complexity index is 2890. The first kappa shape index (κ1) is 48.2. The van der Waals surface area contributed by atoms with Gasteiger partial charge in [0.1, 0.15) is 52.2 Å². The van der Waals surface area contributed by atoms with Crippen molar-refractivity contribution in [3.8, 4) is 11.5 Å². The number of carbonyl (C=O) groups is 2. The molecule has 358 valence electrons. The average molecular weight is 950 g/mol. The number of anilines is 2. The largest absolute Gasteiger partial charge is 0.497 e. The van der Waals surface area contributed by atoms with E-state index in [-0.39, 0.29) is 64.4 Å². The van der Waals surface area contributed by atoms with Gasteiger partial charge in [-0.1, -0.05) is 41.9 Å². The number of nitrogens with two attached hydrogens (primary N) is 1. The molecule has 68 heavy (non-hydrogen) atoms. The summed E-state index contributed by atoms with van der Waals surface area (Å²) < 4.78 is 55.6. The zero-order chi connectivity index (χ0) is 49.0. The molecule has 1 saturated heterocycles.